The van der Waals surface area contributed by atoms with E-state index < -0.39 is 0 Å². The minimum Gasteiger partial charge on any atom is -0.462 e. The van der Waals surface area contributed by atoms with Crippen molar-refractivity contribution in [3.63, 3.8) is 0 Å². The van der Waals surface area contributed by atoms with Crippen molar-refractivity contribution in [2.75, 3.05) is 11.9 Å². The number of carbonyl (C=O) groups is 2. The van der Waals surface area contributed by atoms with E-state index in [1.54, 1.807) is 49.5 Å². The standard InChI is InChI=1S/C18H19N3O3/c1-2-24-18(23)12-3-5-14(6-4-12)20-16-11-13(9-10-19-16)17(22)21-15-7-8-15/h3-6,9-11,15H,2,7-8H2,1H3,(H,19,20)(H,21,22). The van der Waals surface area contributed by atoms with Gasteiger partial charge in [-0.1, -0.05) is 0 Å². The van der Waals surface area contributed by atoms with Crippen LogP contribution in [0.3, 0.4) is 0 Å². The number of hydrogen-bond donors (Lipinski definition) is 2. The van der Waals surface area contributed by atoms with Gasteiger partial charge in [0.05, 0.1) is 12.2 Å². The average Bonchev–Trinajstić information content (AvgIpc) is 3.40. The summed E-state index contributed by atoms with van der Waals surface area (Å²) in [4.78, 5) is 27.9. The zero-order chi connectivity index (χ0) is 16.9. The highest BCUT2D eigenvalue weighted by atomic mass is 16.5. The van der Waals surface area contributed by atoms with Crippen molar-refractivity contribution < 1.29 is 14.3 Å². The van der Waals surface area contributed by atoms with E-state index in [2.05, 4.69) is 15.6 Å². The zero-order valence-corrected chi connectivity index (χ0v) is 13.4. The lowest BCUT2D eigenvalue weighted by molar-refractivity contribution is 0.0526. The molecule has 2 N–H and O–H groups in total. The van der Waals surface area contributed by atoms with Crippen LogP contribution in [0.1, 0.15) is 40.5 Å². The number of nitrogens with one attached hydrogen (secondary N) is 2. The van der Waals surface area contributed by atoms with E-state index in [9.17, 15) is 9.59 Å². The van der Waals surface area contributed by atoms with Gasteiger partial charge in [0.2, 0.25) is 0 Å². The molecule has 2 aromatic rings. The number of nitrogens with zero attached hydrogens (tertiary/aromatic N) is 1. The van der Waals surface area contributed by atoms with E-state index in [-0.39, 0.29) is 11.9 Å². The van der Waals surface area contributed by atoms with Crippen LogP contribution in [0.25, 0.3) is 0 Å². The number of hydrogen-bond acceptors (Lipinski definition) is 5. The normalized spacial score (nSPS) is 13.2. The average molecular weight is 325 g/mol. The van der Waals surface area contributed by atoms with E-state index >= 15 is 0 Å². The maximum Gasteiger partial charge on any atom is 0.338 e. The van der Waals surface area contributed by atoms with Gasteiger partial charge < -0.3 is 15.4 Å². The number of amides is 1. The van der Waals surface area contributed by atoms with Crippen molar-refractivity contribution in [2.24, 2.45) is 0 Å². The van der Waals surface area contributed by atoms with Gasteiger partial charge in [-0.15, -0.1) is 0 Å². The first-order chi connectivity index (χ1) is 11.7. The smallest absolute Gasteiger partial charge is 0.338 e. The molecule has 1 heterocycles. The molecular formula is C18H19N3O3. The summed E-state index contributed by atoms with van der Waals surface area (Å²) < 4.78 is 4.95. The number of pyridine rings is 1. The van der Waals surface area contributed by atoms with Gasteiger partial charge in [0.15, 0.2) is 0 Å². The molecule has 0 saturated heterocycles. The molecule has 0 aliphatic heterocycles. The number of esters is 1. The molecule has 24 heavy (non-hydrogen) atoms. The first kappa shape index (κ1) is 16.0. The Morgan fingerprint density at radius 2 is 1.92 bits per heavy atom. The predicted octanol–water partition coefficient (Wildman–Crippen LogP) is 2.89. The molecule has 1 saturated carbocycles. The Morgan fingerprint density at radius 1 is 1.17 bits per heavy atom. The lowest BCUT2D eigenvalue weighted by Crippen LogP contribution is -2.25. The van der Waals surface area contributed by atoms with Crippen LogP contribution in [0.15, 0.2) is 42.6 Å². The number of anilines is 2. The second-order valence-electron chi connectivity index (χ2n) is 5.60. The third-order valence-corrected chi connectivity index (χ3v) is 3.60. The fourth-order valence-electron chi connectivity index (χ4n) is 2.19. The van der Waals surface area contributed by atoms with Crippen LogP contribution in [0.5, 0.6) is 0 Å². The molecule has 0 bridgehead atoms. The summed E-state index contributed by atoms with van der Waals surface area (Å²) >= 11 is 0. The van der Waals surface area contributed by atoms with Crippen molar-refractivity contribution in [3.8, 4) is 0 Å². The summed E-state index contributed by atoms with van der Waals surface area (Å²) in [6.07, 6.45) is 3.70. The second-order valence-corrected chi connectivity index (χ2v) is 5.60. The van der Waals surface area contributed by atoms with Crippen LogP contribution < -0.4 is 10.6 Å². The number of benzene rings is 1. The molecule has 6 heteroatoms. The summed E-state index contributed by atoms with van der Waals surface area (Å²) in [6.45, 7) is 2.12. The molecule has 0 atom stereocenters. The molecule has 6 nitrogen and oxygen atoms in total. The second kappa shape index (κ2) is 7.12. The SMILES string of the molecule is CCOC(=O)c1ccc(Nc2cc(C(=O)NC3CC3)ccn2)cc1. The van der Waals surface area contributed by atoms with Crippen molar-refractivity contribution in [1.29, 1.82) is 0 Å². The molecule has 1 aromatic heterocycles. The first-order valence-corrected chi connectivity index (χ1v) is 7.97. The molecule has 1 fully saturated rings. The predicted molar refractivity (Wildman–Crippen MR) is 90.4 cm³/mol. The lowest BCUT2D eigenvalue weighted by atomic mass is 10.2. The zero-order valence-electron chi connectivity index (χ0n) is 13.4. The summed E-state index contributed by atoms with van der Waals surface area (Å²) in [7, 11) is 0. The van der Waals surface area contributed by atoms with Crippen LogP contribution in [-0.4, -0.2) is 29.5 Å². The molecule has 0 radical (unpaired) electrons. The van der Waals surface area contributed by atoms with Crippen molar-refractivity contribution in [2.45, 2.75) is 25.8 Å². The third kappa shape index (κ3) is 4.10. The van der Waals surface area contributed by atoms with Crippen molar-refractivity contribution >= 4 is 23.4 Å². The largest absolute Gasteiger partial charge is 0.462 e. The Hall–Kier alpha value is -2.89. The lowest BCUT2D eigenvalue weighted by Gasteiger charge is -2.08. The third-order valence-electron chi connectivity index (χ3n) is 3.60. The van der Waals surface area contributed by atoms with Gasteiger partial charge >= 0.3 is 5.97 Å². The van der Waals surface area contributed by atoms with Gasteiger partial charge in [0.25, 0.3) is 5.91 Å². The Balaban J connectivity index is 1.67. The Bertz CT molecular complexity index is 739. The highest BCUT2D eigenvalue weighted by Gasteiger charge is 2.23. The molecule has 1 aromatic carbocycles. The monoisotopic (exact) mass is 325 g/mol. The summed E-state index contributed by atoms with van der Waals surface area (Å²) in [5, 5.41) is 6.07. The van der Waals surface area contributed by atoms with Crippen LogP contribution in [0.4, 0.5) is 11.5 Å². The van der Waals surface area contributed by atoms with Gasteiger partial charge in [0, 0.05) is 23.5 Å². The van der Waals surface area contributed by atoms with Gasteiger partial charge in [-0.05, 0) is 56.2 Å². The fraction of sp³-hybridized carbons (Fsp3) is 0.278. The van der Waals surface area contributed by atoms with Crippen LogP contribution in [0, 0.1) is 0 Å². The molecule has 3 rings (SSSR count). The maximum atomic E-state index is 12.1. The van der Waals surface area contributed by atoms with Crippen LogP contribution in [-0.2, 0) is 4.74 Å². The Kier molecular flexibility index (Phi) is 4.74. The summed E-state index contributed by atoms with van der Waals surface area (Å²) in [5.41, 5.74) is 1.84. The van der Waals surface area contributed by atoms with Crippen molar-refractivity contribution in [3.05, 3.63) is 53.7 Å². The Labute approximate surface area is 140 Å². The van der Waals surface area contributed by atoms with Gasteiger partial charge in [0.1, 0.15) is 5.82 Å². The molecule has 0 unspecified atom stereocenters. The van der Waals surface area contributed by atoms with Crippen LogP contribution >= 0.6 is 0 Å². The van der Waals surface area contributed by atoms with E-state index in [0.29, 0.717) is 29.6 Å². The number of aromatic nitrogens is 1. The van der Waals surface area contributed by atoms with E-state index in [1.807, 2.05) is 0 Å². The van der Waals surface area contributed by atoms with Gasteiger partial charge in [-0.3, -0.25) is 4.79 Å². The summed E-state index contributed by atoms with van der Waals surface area (Å²) in [5.74, 6) is 0.142. The topological polar surface area (TPSA) is 80.3 Å². The molecular weight excluding hydrogens is 306 g/mol. The highest BCUT2D eigenvalue weighted by molar-refractivity contribution is 5.95. The fourth-order valence-corrected chi connectivity index (χ4v) is 2.19. The van der Waals surface area contributed by atoms with E-state index in [4.69, 9.17) is 4.74 Å². The quantitative estimate of drug-likeness (QED) is 0.798. The van der Waals surface area contributed by atoms with Crippen LogP contribution in [0.2, 0.25) is 0 Å². The van der Waals surface area contributed by atoms with Gasteiger partial charge in [-0.2, -0.15) is 0 Å². The molecule has 0 spiro atoms. The number of carbonyl (C=O) groups excluding carboxylic acids is 2. The summed E-state index contributed by atoms with van der Waals surface area (Å²) in [6, 6.07) is 10.6. The Morgan fingerprint density at radius 3 is 2.58 bits per heavy atom. The molecule has 1 aliphatic carbocycles. The molecule has 124 valence electrons. The number of ether oxygens (including phenoxy) is 1. The molecule has 1 aliphatic rings. The molecule has 1 amide bonds. The minimum absolute atomic E-state index is 0.0828. The minimum atomic E-state index is -0.346. The first-order valence-electron chi connectivity index (χ1n) is 7.97. The number of rotatable bonds is 6. The van der Waals surface area contributed by atoms with Crippen molar-refractivity contribution in [1.82, 2.24) is 10.3 Å². The van der Waals surface area contributed by atoms with Gasteiger partial charge in [-0.25, -0.2) is 9.78 Å². The highest BCUT2D eigenvalue weighted by Crippen LogP contribution is 2.20. The van der Waals surface area contributed by atoms with E-state index in [0.717, 1.165) is 18.5 Å². The maximum absolute atomic E-state index is 12.1. The van der Waals surface area contributed by atoms with E-state index in [1.165, 1.54) is 0 Å².